The molecule has 0 aliphatic heterocycles. The number of rotatable bonds is 8. The normalized spacial score (nSPS) is 13.7. The van der Waals surface area contributed by atoms with Crippen LogP contribution in [-0.4, -0.2) is 52.9 Å². The second-order valence-electron chi connectivity index (χ2n) is 6.27. The first-order valence-corrected chi connectivity index (χ1v) is 8.11. The highest BCUT2D eigenvalue weighted by Crippen LogP contribution is 2.31. The van der Waals surface area contributed by atoms with Crippen LogP contribution < -0.4 is 16.0 Å². The van der Waals surface area contributed by atoms with Gasteiger partial charge in [0.25, 0.3) is 0 Å². The van der Waals surface area contributed by atoms with Crippen LogP contribution in [0.2, 0.25) is 0 Å². The van der Waals surface area contributed by atoms with Gasteiger partial charge >= 0.3 is 0 Å². The Morgan fingerprint density at radius 2 is 2.14 bits per heavy atom. The largest absolute Gasteiger partial charge is 0.493 e. The topological polar surface area (TPSA) is 68.3 Å². The van der Waals surface area contributed by atoms with E-state index in [1.165, 1.54) is 0 Å². The number of nitrogens with zero attached hydrogens (tertiary/aromatic N) is 3. The molecule has 0 spiro atoms. The van der Waals surface area contributed by atoms with Gasteiger partial charge in [0.1, 0.15) is 0 Å². The number of nitrogens with two attached hydrogens (primary N) is 1. The van der Waals surface area contributed by atoms with Gasteiger partial charge in [-0.2, -0.15) is 16.9 Å². The molecule has 122 valence electrons. The molecule has 0 aliphatic rings. The molecule has 0 aliphatic carbocycles. The molecular weight excluding hydrogens is 286 g/mol. The Morgan fingerprint density at radius 3 is 2.62 bits per heavy atom. The summed E-state index contributed by atoms with van der Waals surface area (Å²) in [7, 11) is 5.77. The summed E-state index contributed by atoms with van der Waals surface area (Å²) in [6.45, 7) is 8.33. The Balaban J connectivity index is 2.91. The van der Waals surface area contributed by atoms with E-state index in [4.69, 9.17) is 10.6 Å². The molecule has 21 heavy (non-hydrogen) atoms. The first-order valence-electron chi connectivity index (χ1n) is 7.13. The number of thioether (sulfide) groups is 1. The van der Waals surface area contributed by atoms with Crippen molar-refractivity contribution in [1.29, 1.82) is 0 Å². The minimum absolute atomic E-state index is 0.00818. The minimum atomic E-state index is 0.00818. The van der Waals surface area contributed by atoms with Gasteiger partial charge in [-0.3, -0.25) is 16.0 Å². The zero-order valence-corrected chi connectivity index (χ0v) is 14.8. The van der Waals surface area contributed by atoms with Crippen molar-refractivity contribution in [1.82, 2.24) is 20.1 Å². The summed E-state index contributed by atoms with van der Waals surface area (Å²) in [6, 6.07) is 0.00818. The standard InChI is InChI=1S/C14H29N5OS/c1-14(2,3)21-10-11(17-15)13-12(20-6)9-16-19(13)8-7-18(4)5/h9,11,17H,7-8,10,15H2,1-6H3. The maximum absolute atomic E-state index is 5.77. The van der Waals surface area contributed by atoms with Gasteiger partial charge in [0.05, 0.1) is 31.6 Å². The first-order chi connectivity index (χ1) is 9.78. The zero-order valence-electron chi connectivity index (χ0n) is 14.0. The van der Waals surface area contributed by atoms with E-state index in [1.807, 2.05) is 16.4 Å². The average Bonchev–Trinajstić information content (AvgIpc) is 2.79. The third kappa shape index (κ3) is 5.86. The molecule has 0 amide bonds. The van der Waals surface area contributed by atoms with E-state index in [0.29, 0.717) is 0 Å². The molecule has 7 heteroatoms. The van der Waals surface area contributed by atoms with Crippen molar-refractivity contribution in [2.24, 2.45) is 5.84 Å². The molecule has 0 radical (unpaired) electrons. The summed E-state index contributed by atoms with van der Waals surface area (Å²) >= 11 is 1.87. The van der Waals surface area contributed by atoms with Crippen LogP contribution in [0, 0.1) is 0 Å². The molecule has 0 aromatic carbocycles. The highest BCUT2D eigenvalue weighted by molar-refractivity contribution is 8.00. The van der Waals surface area contributed by atoms with E-state index < -0.39 is 0 Å². The molecule has 3 N–H and O–H groups in total. The summed E-state index contributed by atoms with van der Waals surface area (Å²) in [6.07, 6.45) is 1.76. The SMILES string of the molecule is COc1cnn(CCN(C)C)c1C(CSC(C)(C)C)NN. The predicted molar refractivity (Wildman–Crippen MR) is 89.6 cm³/mol. The average molecular weight is 315 g/mol. The highest BCUT2D eigenvalue weighted by Gasteiger charge is 2.23. The molecule has 1 aromatic rings. The quantitative estimate of drug-likeness (QED) is 0.559. The maximum atomic E-state index is 5.77. The van der Waals surface area contributed by atoms with Crippen LogP contribution >= 0.6 is 11.8 Å². The van der Waals surface area contributed by atoms with Gasteiger partial charge in [0.15, 0.2) is 5.75 Å². The van der Waals surface area contributed by atoms with Crippen molar-refractivity contribution in [3.05, 3.63) is 11.9 Å². The summed E-state index contributed by atoms with van der Waals surface area (Å²) in [4.78, 5) is 2.13. The van der Waals surface area contributed by atoms with Gasteiger partial charge in [0.2, 0.25) is 0 Å². The van der Waals surface area contributed by atoms with Crippen LogP contribution in [0.5, 0.6) is 5.75 Å². The van der Waals surface area contributed by atoms with Gasteiger partial charge in [-0.15, -0.1) is 0 Å². The molecule has 0 saturated carbocycles. The molecule has 0 fully saturated rings. The van der Waals surface area contributed by atoms with E-state index in [0.717, 1.165) is 30.3 Å². The predicted octanol–water partition coefficient (Wildman–Crippen LogP) is 1.49. The lowest BCUT2D eigenvalue weighted by atomic mass is 10.2. The minimum Gasteiger partial charge on any atom is -0.493 e. The van der Waals surface area contributed by atoms with Crippen LogP contribution in [0.15, 0.2) is 6.20 Å². The number of nitrogens with one attached hydrogen (secondary N) is 1. The number of ether oxygens (including phenoxy) is 1. The van der Waals surface area contributed by atoms with E-state index in [1.54, 1.807) is 13.3 Å². The second-order valence-corrected chi connectivity index (χ2v) is 8.11. The van der Waals surface area contributed by atoms with E-state index in [-0.39, 0.29) is 10.8 Å². The Kier molecular flexibility index (Phi) is 6.99. The Bertz CT molecular complexity index is 427. The van der Waals surface area contributed by atoms with E-state index in [9.17, 15) is 0 Å². The molecule has 1 aromatic heterocycles. The summed E-state index contributed by atoms with van der Waals surface area (Å²) in [5.74, 6) is 7.42. The number of methoxy groups -OCH3 is 1. The highest BCUT2D eigenvalue weighted by atomic mass is 32.2. The van der Waals surface area contributed by atoms with Crippen molar-refractivity contribution in [2.75, 3.05) is 33.5 Å². The monoisotopic (exact) mass is 315 g/mol. The Labute approximate surface area is 132 Å². The fourth-order valence-electron chi connectivity index (χ4n) is 1.90. The first kappa shape index (κ1) is 18.3. The second kappa shape index (κ2) is 8.03. The Morgan fingerprint density at radius 1 is 1.48 bits per heavy atom. The summed E-state index contributed by atoms with van der Waals surface area (Å²) < 4.78 is 7.62. The summed E-state index contributed by atoms with van der Waals surface area (Å²) in [5.41, 5.74) is 3.92. The number of hydrogen-bond acceptors (Lipinski definition) is 6. The van der Waals surface area contributed by atoms with Crippen LogP contribution in [0.25, 0.3) is 0 Å². The van der Waals surface area contributed by atoms with Gasteiger partial charge in [0, 0.05) is 17.0 Å². The van der Waals surface area contributed by atoms with E-state index >= 15 is 0 Å². The Hall–Kier alpha value is -0.760. The zero-order chi connectivity index (χ0) is 16.0. The fraction of sp³-hybridized carbons (Fsp3) is 0.786. The fourth-order valence-corrected chi connectivity index (χ4v) is 2.82. The third-order valence-electron chi connectivity index (χ3n) is 3.04. The molecule has 1 rings (SSSR count). The molecule has 0 bridgehead atoms. The van der Waals surface area contributed by atoms with Crippen LogP contribution in [0.1, 0.15) is 32.5 Å². The number of likely N-dealkylation sites (N-methyl/N-ethyl adjacent to an activating group) is 1. The van der Waals surface area contributed by atoms with Gasteiger partial charge < -0.3 is 9.64 Å². The van der Waals surface area contributed by atoms with Gasteiger partial charge in [-0.1, -0.05) is 20.8 Å². The lowest BCUT2D eigenvalue weighted by molar-refractivity contribution is 0.358. The van der Waals surface area contributed by atoms with Crippen LogP contribution in [0.4, 0.5) is 0 Å². The van der Waals surface area contributed by atoms with Gasteiger partial charge in [-0.25, -0.2) is 0 Å². The lowest BCUT2D eigenvalue weighted by Gasteiger charge is -2.24. The molecular formula is C14H29N5OS. The number of aromatic nitrogens is 2. The smallest absolute Gasteiger partial charge is 0.161 e. The molecule has 1 atom stereocenters. The lowest BCUT2D eigenvalue weighted by Crippen LogP contribution is -2.33. The van der Waals surface area contributed by atoms with Crippen molar-refractivity contribution in [3.8, 4) is 5.75 Å². The maximum Gasteiger partial charge on any atom is 0.161 e. The van der Waals surface area contributed by atoms with Crippen LogP contribution in [0.3, 0.4) is 0 Å². The molecule has 0 saturated heterocycles. The number of hydrogen-bond donors (Lipinski definition) is 2. The molecule has 6 nitrogen and oxygen atoms in total. The van der Waals surface area contributed by atoms with Crippen molar-refractivity contribution in [3.63, 3.8) is 0 Å². The third-order valence-corrected chi connectivity index (χ3v) is 4.40. The summed E-state index contributed by atoms with van der Waals surface area (Å²) in [5, 5.41) is 4.43. The van der Waals surface area contributed by atoms with Crippen molar-refractivity contribution >= 4 is 11.8 Å². The molecule has 1 unspecified atom stereocenters. The van der Waals surface area contributed by atoms with E-state index in [2.05, 4.69) is 50.3 Å². The van der Waals surface area contributed by atoms with Crippen molar-refractivity contribution in [2.45, 2.75) is 38.1 Å². The van der Waals surface area contributed by atoms with Gasteiger partial charge in [-0.05, 0) is 14.1 Å². The van der Waals surface area contributed by atoms with Crippen molar-refractivity contribution < 1.29 is 4.74 Å². The van der Waals surface area contributed by atoms with Crippen LogP contribution in [-0.2, 0) is 6.54 Å². The molecule has 1 heterocycles. The number of hydrazine groups is 1.